The van der Waals surface area contributed by atoms with Crippen molar-refractivity contribution in [2.45, 2.75) is 33.6 Å². The van der Waals surface area contributed by atoms with Crippen molar-refractivity contribution < 1.29 is 9.32 Å². The first-order valence-corrected chi connectivity index (χ1v) is 10.6. The molecule has 0 spiro atoms. The number of aromatic nitrogens is 1. The van der Waals surface area contributed by atoms with E-state index in [0.717, 1.165) is 53.4 Å². The lowest BCUT2D eigenvalue weighted by atomic mass is 9.86. The van der Waals surface area contributed by atoms with Crippen LogP contribution >= 0.6 is 0 Å². The van der Waals surface area contributed by atoms with Gasteiger partial charge in [0.1, 0.15) is 5.52 Å². The van der Waals surface area contributed by atoms with Crippen LogP contribution in [0.2, 0.25) is 0 Å². The number of hydrogen-bond donors (Lipinski definition) is 1. The minimum absolute atomic E-state index is 0.0476. The summed E-state index contributed by atoms with van der Waals surface area (Å²) in [6.45, 7) is 9.48. The van der Waals surface area contributed by atoms with E-state index in [1.165, 1.54) is 12.8 Å². The summed E-state index contributed by atoms with van der Waals surface area (Å²) in [5.41, 5.74) is 5.00. The molecular formula is C24H27N3O2. The zero-order valence-corrected chi connectivity index (χ0v) is 17.3. The first-order valence-electron chi connectivity index (χ1n) is 10.6. The first-order chi connectivity index (χ1) is 14.0. The Hall–Kier alpha value is -2.82. The van der Waals surface area contributed by atoms with E-state index in [0.29, 0.717) is 22.8 Å². The van der Waals surface area contributed by atoms with E-state index in [4.69, 9.17) is 4.52 Å². The number of piperidine rings is 1. The Morgan fingerprint density at radius 1 is 1.21 bits per heavy atom. The highest BCUT2D eigenvalue weighted by atomic mass is 16.5. The fourth-order valence-electron chi connectivity index (χ4n) is 4.49. The van der Waals surface area contributed by atoms with Crippen LogP contribution in [0.25, 0.3) is 22.2 Å². The van der Waals surface area contributed by atoms with Crippen molar-refractivity contribution in [3.8, 4) is 11.3 Å². The minimum atomic E-state index is 0.0476. The molecule has 1 saturated heterocycles. The summed E-state index contributed by atoms with van der Waals surface area (Å²) in [6, 6.07) is 9.79. The third kappa shape index (κ3) is 2.91. The second-order valence-corrected chi connectivity index (χ2v) is 8.87. The monoisotopic (exact) mass is 389 g/mol. The summed E-state index contributed by atoms with van der Waals surface area (Å²) < 4.78 is 5.85. The van der Waals surface area contributed by atoms with Crippen molar-refractivity contribution in [2.75, 3.05) is 29.9 Å². The van der Waals surface area contributed by atoms with Crippen molar-refractivity contribution in [3.05, 3.63) is 41.5 Å². The normalized spacial score (nSPS) is 16.6. The van der Waals surface area contributed by atoms with Gasteiger partial charge >= 0.3 is 0 Å². The average Bonchev–Trinajstić information content (AvgIpc) is 3.16. The molecule has 1 aliphatic carbocycles. The Labute approximate surface area is 171 Å². The van der Waals surface area contributed by atoms with Gasteiger partial charge in [0.25, 0.3) is 0 Å². The van der Waals surface area contributed by atoms with E-state index in [1.54, 1.807) is 0 Å². The standard InChI is InChI=1S/C24H27N3O2/c1-14(2)13-25-18-12-19(27-10-8-15(3)9-11-27)22-21-20(18)23(28)16-6-4-5-7-17(16)24(21)29-26-22/h4-7,12,14-15,25H,8-11,13H2,1-3H3. The fourth-order valence-corrected chi connectivity index (χ4v) is 4.49. The van der Waals surface area contributed by atoms with Gasteiger partial charge in [-0.05, 0) is 30.7 Å². The Morgan fingerprint density at radius 2 is 1.93 bits per heavy atom. The molecule has 150 valence electrons. The molecule has 3 aromatic rings. The minimum Gasteiger partial charge on any atom is -0.384 e. The van der Waals surface area contributed by atoms with Gasteiger partial charge < -0.3 is 14.7 Å². The van der Waals surface area contributed by atoms with Crippen LogP contribution in [0.15, 0.2) is 34.9 Å². The molecule has 0 bridgehead atoms. The summed E-state index contributed by atoms with van der Waals surface area (Å²) >= 11 is 0. The second-order valence-electron chi connectivity index (χ2n) is 8.87. The van der Waals surface area contributed by atoms with Gasteiger partial charge in [0.2, 0.25) is 0 Å². The molecule has 2 aromatic carbocycles. The molecule has 29 heavy (non-hydrogen) atoms. The number of fused-ring (bicyclic) bond motifs is 2. The Morgan fingerprint density at radius 3 is 2.66 bits per heavy atom. The van der Waals surface area contributed by atoms with Gasteiger partial charge in [0, 0.05) is 36.4 Å². The Kier molecular flexibility index (Phi) is 4.34. The zero-order chi connectivity index (χ0) is 20.1. The van der Waals surface area contributed by atoms with Gasteiger partial charge in [-0.25, -0.2) is 0 Å². The molecule has 5 nitrogen and oxygen atoms in total. The van der Waals surface area contributed by atoms with Crippen LogP contribution in [0.4, 0.5) is 11.4 Å². The summed E-state index contributed by atoms with van der Waals surface area (Å²) in [7, 11) is 0. The number of carbonyl (C=O) groups is 1. The van der Waals surface area contributed by atoms with Crippen LogP contribution in [0.5, 0.6) is 0 Å². The van der Waals surface area contributed by atoms with Gasteiger partial charge in [-0.1, -0.05) is 50.2 Å². The predicted molar refractivity (Wildman–Crippen MR) is 117 cm³/mol. The molecule has 2 aliphatic rings. The average molecular weight is 389 g/mol. The van der Waals surface area contributed by atoms with Crippen molar-refractivity contribution in [1.82, 2.24) is 5.16 Å². The molecule has 1 N–H and O–H groups in total. The number of carbonyl (C=O) groups excluding carboxylic acids is 1. The van der Waals surface area contributed by atoms with E-state index < -0.39 is 0 Å². The molecule has 5 rings (SSSR count). The third-order valence-electron chi connectivity index (χ3n) is 6.20. The summed E-state index contributed by atoms with van der Waals surface area (Å²) in [5, 5.41) is 8.85. The number of benzene rings is 2. The van der Waals surface area contributed by atoms with Crippen molar-refractivity contribution >= 4 is 28.1 Å². The van der Waals surface area contributed by atoms with E-state index in [9.17, 15) is 4.79 Å². The molecule has 1 aromatic heterocycles. The maximum absolute atomic E-state index is 13.5. The maximum atomic E-state index is 13.5. The number of nitrogens with one attached hydrogen (secondary N) is 1. The van der Waals surface area contributed by atoms with E-state index in [1.807, 2.05) is 24.3 Å². The van der Waals surface area contributed by atoms with E-state index >= 15 is 0 Å². The molecule has 0 radical (unpaired) electrons. The molecule has 5 heteroatoms. The largest absolute Gasteiger partial charge is 0.384 e. The topological polar surface area (TPSA) is 58.4 Å². The van der Waals surface area contributed by atoms with Crippen LogP contribution < -0.4 is 10.2 Å². The number of rotatable bonds is 4. The van der Waals surface area contributed by atoms with Crippen LogP contribution in [0.1, 0.15) is 49.5 Å². The molecule has 2 heterocycles. The highest BCUT2D eigenvalue weighted by Gasteiger charge is 2.34. The smallest absolute Gasteiger partial charge is 0.196 e. The fraction of sp³-hybridized carbons (Fsp3) is 0.417. The molecule has 0 saturated carbocycles. The van der Waals surface area contributed by atoms with Gasteiger partial charge in [-0.15, -0.1) is 0 Å². The second kappa shape index (κ2) is 6.90. The Balaban J connectivity index is 1.73. The molecule has 0 atom stereocenters. The van der Waals surface area contributed by atoms with Crippen LogP contribution in [0.3, 0.4) is 0 Å². The number of nitrogens with zero attached hydrogens (tertiary/aromatic N) is 2. The number of anilines is 2. The molecule has 1 fully saturated rings. The van der Waals surface area contributed by atoms with Gasteiger partial charge in [0.15, 0.2) is 11.5 Å². The SMILES string of the molecule is CC(C)CNc1cc(N2CCC(C)CC2)c2noc3c2c1C(=O)c1ccccc1-3. The summed E-state index contributed by atoms with van der Waals surface area (Å²) in [5.74, 6) is 1.99. The lowest BCUT2D eigenvalue weighted by Gasteiger charge is -2.33. The van der Waals surface area contributed by atoms with Crippen LogP contribution in [-0.2, 0) is 0 Å². The highest BCUT2D eigenvalue weighted by molar-refractivity contribution is 6.28. The van der Waals surface area contributed by atoms with E-state index in [-0.39, 0.29) is 5.78 Å². The highest BCUT2D eigenvalue weighted by Crippen LogP contribution is 2.46. The van der Waals surface area contributed by atoms with Crippen molar-refractivity contribution in [1.29, 1.82) is 0 Å². The van der Waals surface area contributed by atoms with Gasteiger partial charge in [0.05, 0.1) is 16.6 Å². The third-order valence-corrected chi connectivity index (χ3v) is 6.20. The molecule has 0 amide bonds. The zero-order valence-electron chi connectivity index (χ0n) is 17.3. The number of ketones is 1. The van der Waals surface area contributed by atoms with E-state index in [2.05, 4.69) is 42.2 Å². The summed E-state index contributed by atoms with van der Waals surface area (Å²) in [6.07, 6.45) is 2.34. The molecular weight excluding hydrogens is 362 g/mol. The van der Waals surface area contributed by atoms with Crippen LogP contribution in [0, 0.1) is 11.8 Å². The molecule has 1 aliphatic heterocycles. The quantitative estimate of drug-likeness (QED) is 0.510. The summed E-state index contributed by atoms with van der Waals surface area (Å²) in [4.78, 5) is 15.9. The van der Waals surface area contributed by atoms with Gasteiger partial charge in [-0.2, -0.15) is 0 Å². The Bertz CT molecular complexity index is 1090. The van der Waals surface area contributed by atoms with Gasteiger partial charge in [-0.3, -0.25) is 4.79 Å². The predicted octanol–water partition coefficient (Wildman–Crippen LogP) is 5.34. The maximum Gasteiger partial charge on any atom is 0.196 e. The van der Waals surface area contributed by atoms with Crippen LogP contribution in [-0.4, -0.2) is 30.6 Å². The number of hydrogen-bond acceptors (Lipinski definition) is 5. The first kappa shape index (κ1) is 18.2. The lowest BCUT2D eigenvalue weighted by Crippen LogP contribution is -2.33. The molecule has 0 unspecified atom stereocenters. The lowest BCUT2D eigenvalue weighted by molar-refractivity contribution is 0.104. The van der Waals surface area contributed by atoms with Crippen molar-refractivity contribution in [3.63, 3.8) is 0 Å². The van der Waals surface area contributed by atoms with Crippen molar-refractivity contribution in [2.24, 2.45) is 11.8 Å².